The summed E-state index contributed by atoms with van der Waals surface area (Å²) in [5.41, 5.74) is 1.30. The van der Waals surface area contributed by atoms with Gasteiger partial charge in [0, 0.05) is 19.1 Å². The molecule has 1 fully saturated rings. The van der Waals surface area contributed by atoms with E-state index in [2.05, 4.69) is 35.2 Å². The fraction of sp³-hybridized carbons (Fsp3) is 0.462. The molecule has 0 saturated carbocycles. The van der Waals surface area contributed by atoms with Gasteiger partial charge in [-0.15, -0.1) is 0 Å². The summed E-state index contributed by atoms with van der Waals surface area (Å²) < 4.78 is 5.41. The standard InChI is InChI=1S/C13H16N2O/c14-7-6-13-11-16-9-8-15(13)10-12-4-2-1-3-5-12/h1-5,13H,6,8-11H2. The van der Waals surface area contributed by atoms with Gasteiger partial charge in [0.25, 0.3) is 0 Å². The Labute approximate surface area is 96.2 Å². The Hall–Kier alpha value is -1.37. The molecule has 0 N–H and O–H groups in total. The molecule has 0 spiro atoms. The van der Waals surface area contributed by atoms with Crippen molar-refractivity contribution in [3.8, 4) is 6.07 Å². The van der Waals surface area contributed by atoms with Crippen LogP contribution in [0.5, 0.6) is 0 Å². The molecular weight excluding hydrogens is 200 g/mol. The lowest BCUT2D eigenvalue weighted by Crippen LogP contribution is -2.44. The van der Waals surface area contributed by atoms with E-state index in [-0.39, 0.29) is 6.04 Å². The molecule has 2 rings (SSSR count). The predicted octanol–water partition coefficient (Wildman–Crippen LogP) is 1.80. The molecule has 84 valence electrons. The minimum atomic E-state index is 0.249. The zero-order chi connectivity index (χ0) is 11.2. The third kappa shape index (κ3) is 2.82. The van der Waals surface area contributed by atoms with Crippen LogP contribution in [0.2, 0.25) is 0 Å². The van der Waals surface area contributed by atoms with E-state index < -0.39 is 0 Å². The predicted molar refractivity (Wildman–Crippen MR) is 61.7 cm³/mol. The number of rotatable bonds is 3. The molecule has 1 saturated heterocycles. The van der Waals surface area contributed by atoms with Crippen molar-refractivity contribution in [2.24, 2.45) is 0 Å². The minimum absolute atomic E-state index is 0.249. The van der Waals surface area contributed by atoms with Crippen LogP contribution >= 0.6 is 0 Å². The van der Waals surface area contributed by atoms with Crippen LogP contribution < -0.4 is 0 Å². The molecule has 0 radical (unpaired) electrons. The Morgan fingerprint density at radius 2 is 2.19 bits per heavy atom. The second-order valence-corrected chi connectivity index (χ2v) is 4.05. The highest BCUT2D eigenvalue weighted by atomic mass is 16.5. The Morgan fingerprint density at radius 1 is 1.38 bits per heavy atom. The highest BCUT2D eigenvalue weighted by molar-refractivity contribution is 5.14. The average molecular weight is 216 g/mol. The second kappa shape index (κ2) is 5.64. The van der Waals surface area contributed by atoms with Crippen LogP contribution in [0.15, 0.2) is 30.3 Å². The van der Waals surface area contributed by atoms with E-state index in [0.717, 1.165) is 19.7 Å². The maximum absolute atomic E-state index is 8.77. The van der Waals surface area contributed by atoms with Crippen LogP contribution in [-0.4, -0.2) is 30.7 Å². The van der Waals surface area contributed by atoms with E-state index >= 15 is 0 Å². The molecule has 3 heteroatoms. The Morgan fingerprint density at radius 3 is 2.94 bits per heavy atom. The van der Waals surface area contributed by atoms with Gasteiger partial charge in [-0.1, -0.05) is 30.3 Å². The van der Waals surface area contributed by atoms with Gasteiger partial charge in [-0.3, -0.25) is 4.90 Å². The number of morpholine rings is 1. The van der Waals surface area contributed by atoms with Crippen molar-refractivity contribution in [3.63, 3.8) is 0 Å². The zero-order valence-electron chi connectivity index (χ0n) is 9.30. The van der Waals surface area contributed by atoms with E-state index in [1.165, 1.54) is 5.56 Å². The smallest absolute Gasteiger partial charge is 0.0639 e. The third-order valence-electron chi connectivity index (χ3n) is 2.90. The van der Waals surface area contributed by atoms with Gasteiger partial charge in [-0.25, -0.2) is 0 Å². The number of nitrogens with zero attached hydrogens (tertiary/aromatic N) is 2. The van der Waals surface area contributed by atoms with Crippen molar-refractivity contribution in [2.45, 2.75) is 19.0 Å². The average Bonchev–Trinajstić information content (AvgIpc) is 2.33. The van der Waals surface area contributed by atoms with Crippen molar-refractivity contribution in [3.05, 3.63) is 35.9 Å². The summed E-state index contributed by atoms with van der Waals surface area (Å²) >= 11 is 0. The maximum atomic E-state index is 8.77. The first-order valence-electron chi connectivity index (χ1n) is 5.63. The first-order chi connectivity index (χ1) is 7.90. The summed E-state index contributed by atoms with van der Waals surface area (Å²) in [6.07, 6.45) is 0.548. The summed E-state index contributed by atoms with van der Waals surface area (Å²) in [7, 11) is 0. The first kappa shape index (κ1) is 11.1. The van der Waals surface area contributed by atoms with Gasteiger partial charge in [0.1, 0.15) is 0 Å². The van der Waals surface area contributed by atoms with E-state index in [9.17, 15) is 0 Å². The molecule has 3 nitrogen and oxygen atoms in total. The van der Waals surface area contributed by atoms with Crippen molar-refractivity contribution in [1.29, 1.82) is 5.26 Å². The topological polar surface area (TPSA) is 36.3 Å². The van der Waals surface area contributed by atoms with Crippen molar-refractivity contribution >= 4 is 0 Å². The summed E-state index contributed by atoms with van der Waals surface area (Å²) in [6, 6.07) is 12.9. The van der Waals surface area contributed by atoms with Gasteiger partial charge < -0.3 is 4.74 Å². The first-order valence-corrected chi connectivity index (χ1v) is 5.63. The van der Waals surface area contributed by atoms with Crippen LogP contribution in [0.1, 0.15) is 12.0 Å². The molecule has 0 amide bonds. The van der Waals surface area contributed by atoms with E-state index in [1.807, 2.05) is 6.07 Å². The monoisotopic (exact) mass is 216 g/mol. The van der Waals surface area contributed by atoms with Crippen molar-refractivity contribution < 1.29 is 4.74 Å². The summed E-state index contributed by atoms with van der Waals surface area (Å²) in [6.45, 7) is 3.28. The molecule has 1 aliphatic heterocycles. The number of ether oxygens (including phenoxy) is 1. The maximum Gasteiger partial charge on any atom is 0.0639 e. The van der Waals surface area contributed by atoms with Crippen LogP contribution in [0.4, 0.5) is 0 Å². The highest BCUT2D eigenvalue weighted by Gasteiger charge is 2.22. The van der Waals surface area contributed by atoms with Gasteiger partial charge in [0.2, 0.25) is 0 Å². The largest absolute Gasteiger partial charge is 0.378 e. The Balaban J connectivity index is 1.99. The molecular formula is C13H16N2O. The SMILES string of the molecule is N#CCC1COCCN1Cc1ccccc1. The lowest BCUT2D eigenvalue weighted by atomic mass is 10.1. The van der Waals surface area contributed by atoms with Crippen molar-refractivity contribution in [1.82, 2.24) is 4.90 Å². The Kier molecular flexibility index (Phi) is 3.92. The van der Waals surface area contributed by atoms with E-state index in [1.54, 1.807) is 0 Å². The molecule has 1 aromatic carbocycles. The molecule has 0 aliphatic carbocycles. The molecule has 0 bridgehead atoms. The summed E-state index contributed by atoms with van der Waals surface area (Å²) in [5.74, 6) is 0. The molecule has 0 aromatic heterocycles. The lowest BCUT2D eigenvalue weighted by molar-refractivity contribution is -0.00964. The fourth-order valence-electron chi connectivity index (χ4n) is 2.01. The number of hydrogen-bond acceptors (Lipinski definition) is 3. The molecule has 1 atom stereocenters. The molecule has 1 unspecified atom stereocenters. The van der Waals surface area contributed by atoms with Gasteiger partial charge in [-0.2, -0.15) is 5.26 Å². The quantitative estimate of drug-likeness (QED) is 0.773. The summed E-state index contributed by atoms with van der Waals surface area (Å²) in [5, 5.41) is 8.77. The molecule has 1 heterocycles. The van der Waals surface area contributed by atoms with Gasteiger partial charge >= 0.3 is 0 Å². The van der Waals surface area contributed by atoms with Crippen molar-refractivity contribution in [2.75, 3.05) is 19.8 Å². The lowest BCUT2D eigenvalue weighted by Gasteiger charge is -2.34. The normalized spacial score (nSPS) is 21.6. The van der Waals surface area contributed by atoms with Crippen LogP contribution in [0.3, 0.4) is 0 Å². The number of nitriles is 1. The molecule has 1 aromatic rings. The molecule has 1 aliphatic rings. The van der Waals surface area contributed by atoms with Gasteiger partial charge in [0.05, 0.1) is 25.7 Å². The number of benzene rings is 1. The summed E-state index contributed by atoms with van der Waals surface area (Å²) in [4.78, 5) is 2.34. The number of hydrogen-bond donors (Lipinski definition) is 0. The van der Waals surface area contributed by atoms with Crippen LogP contribution in [-0.2, 0) is 11.3 Å². The molecule has 16 heavy (non-hydrogen) atoms. The highest BCUT2D eigenvalue weighted by Crippen LogP contribution is 2.14. The Bertz CT molecular complexity index is 358. The zero-order valence-corrected chi connectivity index (χ0v) is 9.30. The fourth-order valence-corrected chi connectivity index (χ4v) is 2.01. The van der Waals surface area contributed by atoms with Gasteiger partial charge in [-0.05, 0) is 5.56 Å². The second-order valence-electron chi connectivity index (χ2n) is 4.05. The van der Waals surface area contributed by atoms with Crippen LogP contribution in [0.25, 0.3) is 0 Å². The third-order valence-corrected chi connectivity index (χ3v) is 2.90. The van der Waals surface area contributed by atoms with Crippen LogP contribution in [0, 0.1) is 11.3 Å². The van der Waals surface area contributed by atoms with Gasteiger partial charge in [0.15, 0.2) is 0 Å². The minimum Gasteiger partial charge on any atom is -0.378 e. The van der Waals surface area contributed by atoms with E-state index in [4.69, 9.17) is 10.00 Å². The van der Waals surface area contributed by atoms with E-state index in [0.29, 0.717) is 13.0 Å².